The van der Waals surface area contributed by atoms with Crippen LogP contribution in [0.4, 0.5) is 0 Å². The number of hydrogen-bond acceptors (Lipinski definition) is 6. The number of benzene rings is 1. The van der Waals surface area contributed by atoms with Crippen LogP contribution in [0.3, 0.4) is 0 Å². The molecular formula is C13H14BrN3O4. The summed E-state index contributed by atoms with van der Waals surface area (Å²) in [7, 11) is 0. The lowest BCUT2D eigenvalue weighted by molar-refractivity contribution is 0.0520. The lowest BCUT2D eigenvalue weighted by atomic mass is 10.1. The normalized spacial score (nSPS) is 10.4. The van der Waals surface area contributed by atoms with Crippen molar-refractivity contribution in [3.63, 3.8) is 0 Å². The van der Waals surface area contributed by atoms with E-state index in [1.54, 1.807) is 26.0 Å². The molecule has 112 valence electrons. The van der Waals surface area contributed by atoms with Crippen molar-refractivity contribution in [3.8, 4) is 22.8 Å². The summed E-state index contributed by atoms with van der Waals surface area (Å²) in [6.45, 7) is 4.12. The molecule has 1 aromatic heterocycles. The first kappa shape index (κ1) is 15.3. The molecule has 0 unspecified atom stereocenters. The van der Waals surface area contributed by atoms with Crippen LogP contribution < -0.4 is 4.74 Å². The Morgan fingerprint density at radius 3 is 2.76 bits per heavy atom. The van der Waals surface area contributed by atoms with Crippen LogP contribution in [-0.2, 0) is 4.74 Å². The van der Waals surface area contributed by atoms with Gasteiger partial charge in [0.1, 0.15) is 5.69 Å². The van der Waals surface area contributed by atoms with Crippen LogP contribution in [0.2, 0.25) is 0 Å². The Balaban J connectivity index is 2.52. The number of aromatic amines is 1. The van der Waals surface area contributed by atoms with Crippen molar-refractivity contribution in [2.24, 2.45) is 0 Å². The summed E-state index contributed by atoms with van der Waals surface area (Å²) in [4.78, 5) is 11.8. The van der Waals surface area contributed by atoms with Gasteiger partial charge in [0.2, 0.25) is 0 Å². The van der Waals surface area contributed by atoms with E-state index < -0.39 is 5.97 Å². The number of ether oxygens (including phenoxy) is 2. The Kier molecular flexibility index (Phi) is 4.79. The fourth-order valence-electron chi connectivity index (χ4n) is 1.78. The number of phenols is 1. The highest BCUT2D eigenvalue weighted by molar-refractivity contribution is 9.10. The predicted octanol–water partition coefficient (Wildman–Crippen LogP) is 2.52. The van der Waals surface area contributed by atoms with Crippen LogP contribution in [0.25, 0.3) is 11.3 Å². The molecule has 0 amide bonds. The molecule has 0 atom stereocenters. The van der Waals surface area contributed by atoms with Gasteiger partial charge in [-0.2, -0.15) is 10.3 Å². The highest BCUT2D eigenvalue weighted by Crippen LogP contribution is 2.40. The number of hydrogen-bond donors (Lipinski definition) is 2. The van der Waals surface area contributed by atoms with Gasteiger partial charge in [-0.3, -0.25) is 0 Å². The van der Waals surface area contributed by atoms with E-state index >= 15 is 0 Å². The second kappa shape index (κ2) is 6.57. The van der Waals surface area contributed by atoms with Crippen molar-refractivity contribution in [1.82, 2.24) is 15.4 Å². The number of rotatable bonds is 5. The number of esters is 1. The molecule has 7 nitrogen and oxygen atoms in total. The molecule has 0 saturated heterocycles. The van der Waals surface area contributed by atoms with Crippen molar-refractivity contribution in [2.75, 3.05) is 13.2 Å². The third-order valence-corrected chi connectivity index (χ3v) is 3.07. The molecule has 0 aliphatic rings. The Morgan fingerprint density at radius 1 is 1.33 bits per heavy atom. The maximum absolute atomic E-state index is 11.8. The van der Waals surface area contributed by atoms with Crippen LogP contribution in [0.5, 0.6) is 11.5 Å². The molecule has 0 aliphatic carbocycles. The minimum absolute atomic E-state index is 0.00713. The van der Waals surface area contributed by atoms with E-state index in [4.69, 9.17) is 9.47 Å². The molecule has 2 aromatic rings. The Bertz CT molecular complexity index is 657. The third-order valence-electron chi connectivity index (χ3n) is 2.61. The second-order valence-corrected chi connectivity index (χ2v) is 4.89. The quantitative estimate of drug-likeness (QED) is 0.799. The van der Waals surface area contributed by atoms with E-state index in [1.165, 1.54) is 0 Å². The van der Waals surface area contributed by atoms with E-state index in [9.17, 15) is 9.90 Å². The molecule has 1 aromatic carbocycles. The van der Waals surface area contributed by atoms with Gasteiger partial charge in [-0.25, -0.2) is 4.79 Å². The van der Waals surface area contributed by atoms with Gasteiger partial charge in [-0.1, -0.05) is 15.9 Å². The number of nitrogens with one attached hydrogen (secondary N) is 1. The molecule has 8 heteroatoms. The number of nitrogens with zero attached hydrogens (tertiary/aromatic N) is 2. The Morgan fingerprint density at radius 2 is 2.10 bits per heavy atom. The van der Waals surface area contributed by atoms with Crippen LogP contribution in [0.15, 0.2) is 16.6 Å². The molecule has 0 spiro atoms. The second-order valence-electron chi connectivity index (χ2n) is 3.97. The van der Waals surface area contributed by atoms with Crippen molar-refractivity contribution in [2.45, 2.75) is 13.8 Å². The van der Waals surface area contributed by atoms with Gasteiger partial charge >= 0.3 is 5.97 Å². The Hall–Kier alpha value is -2.09. The van der Waals surface area contributed by atoms with E-state index in [0.29, 0.717) is 22.4 Å². The maximum Gasteiger partial charge on any atom is 0.361 e. The van der Waals surface area contributed by atoms with Gasteiger partial charge in [-0.05, 0) is 26.0 Å². The number of carbonyl (C=O) groups excluding carboxylic acids is 1. The van der Waals surface area contributed by atoms with Crippen LogP contribution >= 0.6 is 15.9 Å². The summed E-state index contributed by atoms with van der Waals surface area (Å²) >= 11 is 3.33. The first-order valence-corrected chi connectivity index (χ1v) is 7.11. The first-order valence-electron chi connectivity index (χ1n) is 6.32. The van der Waals surface area contributed by atoms with Gasteiger partial charge in [0.25, 0.3) is 0 Å². The fourth-order valence-corrected chi connectivity index (χ4v) is 2.22. The predicted molar refractivity (Wildman–Crippen MR) is 78.3 cm³/mol. The molecule has 0 bridgehead atoms. The monoisotopic (exact) mass is 355 g/mol. The lowest BCUT2D eigenvalue weighted by Crippen LogP contribution is -2.07. The molecule has 21 heavy (non-hydrogen) atoms. The largest absolute Gasteiger partial charge is 0.504 e. The minimum Gasteiger partial charge on any atom is -0.504 e. The molecule has 0 saturated carbocycles. The SMILES string of the molecule is CCOC(=O)c1n[nH]nc1-c1cc(Br)cc(OCC)c1O. The summed E-state index contributed by atoms with van der Waals surface area (Å²) in [5, 5.41) is 20.3. The molecule has 0 aliphatic heterocycles. The maximum atomic E-state index is 11.8. The summed E-state index contributed by atoms with van der Waals surface area (Å²) in [6.07, 6.45) is 0. The minimum atomic E-state index is -0.612. The molecule has 0 radical (unpaired) electrons. The van der Waals surface area contributed by atoms with E-state index in [2.05, 4.69) is 31.3 Å². The highest BCUT2D eigenvalue weighted by atomic mass is 79.9. The van der Waals surface area contributed by atoms with Gasteiger partial charge in [0.15, 0.2) is 17.2 Å². The number of phenolic OH excluding ortho intramolecular Hbond substituents is 1. The zero-order valence-corrected chi connectivity index (χ0v) is 13.1. The van der Waals surface area contributed by atoms with E-state index in [0.717, 1.165) is 0 Å². The Labute approximate surface area is 129 Å². The number of halogens is 1. The smallest absolute Gasteiger partial charge is 0.361 e. The zero-order chi connectivity index (χ0) is 15.4. The van der Waals surface area contributed by atoms with Crippen LogP contribution in [0.1, 0.15) is 24.3 Å². The lowest BCUT2D eigenvalue weighted by Gasteiger charge is -2.10. The summed E-state index contributed by atoms with van der Waals surface area (Å²) in [5.74, 6) is -0.433. The van der Waals surface area contributed by atoms with E-state index in [1.807, 2.05) is 0 Å². The summed E-state index contributed by atoms with van der Waals surface area (Å²) < 4.78 is 10.9. The number of carbonyl (C=O) groups is 1. The van der Waals surface area contributed by atoms with Crippen molar-refractivity contribution in [3.05, 3.63) is 22.3 Å². The standard InChI is InChI=1S/C13H14BrN3O4/c1-3-20-9-6-7(14)5-8(12(9)18)10-11(16-17-15-10)13(19)21-4-2/h5-6,18H,3-4H2,1-2H3,(H,15,16,17). The van der Waals surface area contributed by atoms with Gasteiger partial charge in [0.05, 0.1) is 18.8 Å². The first-order chi connectivity index (χ1) is 10.1. The average Bonchev–Trinajstić information content (AvgIpc) is 2.92. The molecule has 2 rings (SSSR count). The van der Waals surface area contributed by atoms with Crippen LogP contribution in [-0.4, -0.2) is 39.7 Å². The number of aromatic hydroxyl groups is 1. The number of aromatic nitrogens is 3. The van der Waals surface area contributed by atoms with E-state index in [-0.39, 0.29) is 23.7 Å². The molecule has 1 heterocycles. The summed E-state index contributed by atoms with van der Waals surface area (Å²) in [6, 6.07) is 3.25. The van der Waals surface area contributed by atoms with Crippen molar-refractivity contribution < 1.29 is 19.4 Å². The highest BCUT2D eigenvalue weighted by Gasteiger charge is 2.23. The number of H-pyrrole nitrogens is 1. The van der Waals surface area contributed by atoms with Gasteiger partial charge in [-0.15, -0.1) is 5.10 Å². The van der Waals surface area contributed by atoms with Crippen LogP contribution in [0, 0.1) is 0 Å². The van der Waals surface area contributed by atoms with Gasteiger partial charge in [0, 0.05) is 4.47 Å². The molecule has 0 fully saturated rings. The zero-order valence-electron chi connectivity index (χ0n) is 11.5. The molecule has 2 N–H and O–H groups in total. The topological polar surface area (TPSA) is 97.3 Å². The average molecular weight is 356 g/mol. The third kappa shape index (κ3) is 3.15. The van der Waals surface area contributed by atoms with Crippen molar-refractivity contribution >= 4 is 21.9 Å². The summed E-state index contributed by atoms with van der Waals surface area (Å²) in [5.41, 5.74) is 0.533. The van der Waals surface area contributed by atoms with Crippen molar-refractivity contribution in [1.29, 1.82) is 0 Å². The molecular weight excluding hydrogens is 342 g/mol. The fraction of sp³-hybridized carbons (Fsp3) is 0.308. The van der Waals surface area contributed by atoms with Gasteiger partial charge < -0.3 is 14.6 Å².